The lowest BCUT2D eigenvalue weighted by Gasteiger charge is -2.37. The van der Waals surface area contributed by atoms with Gasteiger partial charge in [-0.2, -0.15) is 4.31 Å². The Bertz CT molecular complexity index is 1550. The molecule has 1 fully saturated rings. The molecule has 0 aliphatic carbocycles. The second-order valence-corrected chi connectivity index (χ2v) is 15.0. The van der Waals surface area contributed by atoms with Crippen LogP contribution in [-0.4, -0.2) is 66.7 Å². The Labute approximate surface area is 268 Å². The van der Waals surface area contributed by atoms with Gasteiger partial charge in [0.25, 0.3) is 15.9 Å². The van der Waals surface area contributed by atoms with Crippen LogP contribution in [-0.2, 0) is 16.4 Å². The zero-order valence-corrected chi connectivity index (χ0v) is 27.7. The van der Waals surface area contributed by atoms with Gasteiger partial charge in [-0.1, -0.05) is 19.9 Å². The molecule has 1 aliphatic heterocycles. The van der Waals surface area contributed by atoms with Crippen LogP contribution < -0.4 is 0 Å². The van der Waals surface area contributed by atoms with Gasteiger partial charge in [-0.25, -0.2) is 17.2 Å². The smallest absolute Gasteiger partial charge is 0.253 e. The summed E-state index contributed by atoms with van der Waals surface area (Å²) >= 11 is 1.13. The number of hydrogen-bond donors (Lipinski definition) is 1. The molecule has 7 nitrogen and oxygen atoms in total. The highest BCUT2D eigenvalue weighted by atomic mass is 32.2. The van der Waals surface area contributed by atoms with Crippen LogP contribution >= 0.6 is 11.3 Å². The van der Waals surface area contributed by atoms with E-state index in [9.17, 15) is 31.9 Å². The van der Waals surface area contributed by atoms with Gasteiger partial charge >= 0.3 is 0 Å². The second-order valence-electron chi connectivity index (χ2n) is 11.9. The number of aliphatic hydroxyl groups is 1. The van der Waals surface area contributed by atoms with Crippen molar-refractivity contribution in [2.75, 3.05) is 26.2 Å². The van der Waals surface area contributed by atoms with E-state index in [-0.39, 0.29) is 40.8 Å². The summed E-state index contributed by atoms with van der Waals surface area (Å²) in [6, 6.07) is 11.4. The van der Waals surface area contributed by atoms with Crippen LogP contribution in [0.1, 0.15) is 77.8 Å². The van der Waals surface area contributed by atoms with E-state index in [0.29, 0.717) is 43.6 Å². The number of halogens is 2. The lowest BCUT2D eigenvalue weighted by atomic mass is 9.79. The molecule has 0 radical (unpaired) electrons. The molecule has 1 aromatic heterocycles. The Balaban J connectivity index is 1.61. The fourth-order valence-corrected chi connectivity index (χ4v) is 8.88. The van der Waals surface area contributed by atoms with Gasteiger partial charge in [0, 0.05) is 49.8 Å². The first-order valence-corrected chi connectivity index (χ1v) is 17.9. The summed E-state index contributed by atoms with van der Waals surface area (Å²) < 4.78 is 56.4. The number of amides is 1. The molecule has 3 atom stereocenters. The van der Waals surface area contributed by atoms with Gasteiger partial charge in [-0.05, 0) is 104 Å². The van der Waals surface area contributed by atoms with Crippen molar-refractivity contribution >= 4 is 33.1 Å². The Morgan fingerprint density at radius 1 is 1.04 bits per heavy atom. The van der Waals surface area contributed by atoms with Crippen LogP contribution in [0.15, 0.2) is 58.1 Å². The van der Waals surface area contributed by atoms with E-state index in [1.54, 1.807) is 40.6 Å². The molecule has 0 spiro atoms. The van der Waals surface area contributed by atoms with E-state index < -0.39 is 39.6 Å². The first-order chi connectivity index (χ1) is 21.4. The summed E-state index contributed by atoms with van der Waals surface area (Å²) in [5.74, 6) is -3.25. The number of aryl methyl sites for hydroxylation is 1. The molecule has 1 amide bonds. The molecule has 0 saturated carbocycles. The normalized spacial score (nSPS) is 17.2. The van der Waals surface area contributed by atoms with E-state index in [0.717, 1.165) is 35.8 Å². The first-order valence-electron chi connectivity index (χ1n) is 15.5. The quantitative estimate of drug-likeness (QED) is 0.200. The number of hydrogen-bond acceptors (Lipinski definition) is 6. The highest BCUT2D eigenvalue weighted by molar-refractivity contribution is 7.91. The maximum atomic E-state index is 14.1. The summed E-state index contributed by atoms with van der Waals surface area (Å²) in [6.45, 7) is 7.39. The van der Waals surface area contributed by atoms with Crippen LogP contribution in [0.4, 0.5) is 8.78 Å². The molecule has 1 aliphatic rings. The molecule has 45 heavy (non-hydrogen) atoms. The molecule has 2 heterocycles. The number of carbonyl (C=O) groups is 2. The van der Waals surface area contributed by atoms with E-state index in [2.05, 4.69) is 0 Å². The fraction of sp³-hybridized carbons (Fsp3) is 0.471. The molecule has 2 aromatic carbocycles. The molecule has 4 rings (SSSR count). The fourth-order valence-electron chi connectivity index (χ4n) is 6.20. The zero-order valence-electron chi connectivity index (χ0n) is 26.0. The molecule has 0 bridgehead atoms. The number of piperidine rings is 1. The Kier molecular flexibility index (Phi) is 12.0. The van der Waals surface area contributed by atoms with E-state index in [1.807, 2.05) is 20.8 Å². The molecule has 1 saturated heterocycles. The number of aliphatic hydroxyl groups excluding tert-OH is 1. The zero-order chi connectivity index (χ0) is 32.7. The van der Waals surface area contributed by atoms with Crippen LogP contribution in [0.25, 0.3) is 0 Å². The van der Waals surface area contributed by atoms with Crippen molar-refractivity contribution in [1.29, 1.82) is 0 Å². The summed E-state index contributed by atoms with van der Waals surface area (Å²) in [4.78, 5) is 28.9. The number of nitrogens with zero attached hydrogens (tertiary/aromatic N) is 2. The maximum absolute atomic E-state index is 14.1. The highest BCUT2D eigenvalue weighted by Crippen LogP contribution is 2.32. The van der Waals surface area contributed by atoms with Crippen LogP contribution in [0.2, 0.25) is 0 Å². The number of sulfonamides is 1. The Hall–Kier alpha value is -2.99. The number of carbonyl (C=O) groups excluding carboxylic acids is 2. The second kappa shape index (κ2) is 15.5. The van der Waals surface area contributed by atoms with Crippen molar-refractivity contribution < 1.29 is 31.9 Å². The highest BCUT2D eigenvalue weighted by Gasteiger charge is 2.37. The van der Waals surface area contributed by atoms with Gasteiger partial charge in [0.2, 0.25) is 0 Å². The van der Waals surface area contributed by atoms with Gasteiger partial charge in [0.15, 0.2) is 5.78 Å². The number of Topliss-reactive ketones (excluding diaryl/α,β-unsaturated/α-hetero) is 1. The van der Waals surface area contributed by atoms with E-state index >= 15 is 0 Å². The summed E-state index contributed by atoms with van der Waals surface area (Å²) in [7, 11) is -3.74. The van der Waals surface area contributed by atoms with E-state index in [1.165, 1.54) is 16.4 Å². The lowest BCUT2D eigenvalue weighted by Crippen LogP contribution is -2.45. The largest absolute Gasteiger partial charge is 0.392 e. The van der Waals surface area contributed by atoms with Crippen molar-refractivity contribution in [1.82, 2.24) is 9.21 Å². The summed E-state index contributed by atoms with van der Waals surface area (Å²) in [6.07, 6.45) is 1.39. The minimum atomic E-state index is -3.74. The average Bonchev–Trinajstić information content (AvgIpc) is 3.55. The molecule has 3 aromatic rings. The van der Waals surface area contributed by atoms with Gasteiger partial charge in [0.05, 0.1) is 6.10 Å². The average molecular weight is 661 g/mol. The lowest BCUT2D eigenvalue weighted by molar-refractivity contribution is 0.0231. The maximum Gasteiger partial charge on any atom is 0.253 e. The van der Waals surface area contributed by atoms with E-state index in [4.69, 9.17) is 0 Å². The first kappa shape index (κ1) is 34.9. The molecular formula is C34H42F2N2O5S2. The molecular weight excluding hydrogens is 619 g/mol. The minimum absolute atomic E-state index is 0.00808. The molecule has 11 heteroatoms. The molecule has 2 unspecified atom stereocenters. The van der Waals surface area contributed by atoms with Crippen molar-refractivity contribution in [2.45, 2.75) is 69.6 Å². The van der Waals surface area contributed by atoms with Crippen molar-refractivity contribution in [2.24, 2.45) is 11.8 Å². The van der Waals surface area contributed by atoms with Crippen molar-refractivity contribution in [3.8, 4) is 0 Å². The van der Waals surface area contributed by atoms with Crippen molar-refractivity contribution in [3.63, 3.8) is 0 Å². The van der Waals surface area contributed by atoms with Crippen LogP contribution in [0, 0.1) is 30.4 Å². The predicted octanol–water partition coefficient (Wildman–Crippen LogP) is 6.49. The van der Waals surface area contributed by atoms with Crippen LogP contribution in [0.3, 0.4) is 0 Å². The van der Waals surface area contributed by atoms with Gasteiger partial charge in [0.1, 0.15) is 15.8 Å². The summed E-state index contributed by atoms with van der Waals surface area (Å²) in [5, 5.41) is 13.4. The van der Waals surface area contributed by atoms with Gasteiger partial charge in [-0.15, -0.1) is 11.3 Å². The third-order valence-corrected chi connectivity index (χ3v) is 11.5. The molecule has 1 N–H and O–H groups in total. The number of thiophene rings is 1. The molecule has 244 valence electrons. The Morgan fingerprint density at radius 3 is 2.33 bits per heavy atom. The third kappa shape index (κ3) is 8.84. The third-order valence-electron chi connectivity index (χ3n) is 8.26. The number of benzene rings is 2. The number of rotatable bonds is 14. The minimum Gasteiger partial charge on any atom is -0.392 e. The SMILES string of the molecule is CCCN(CCC)C(=O)c1cc(C)cc(C(=O)CC(Cc2cc(F)cc(F)c2)[C@H](O)C2CCCN(S(=O)(=O)c3cccs3)C2)c1. The predicted molar refractivity (Wildman–Crippen MR) is 172 cm³/mol. The van der Waals surface area contributed by atoms with Gasteiger partial charge < -0.3 is 10.0 Å². The monoisotopic (exact) mass is 660 g/mol. The Morgan fingerprint density at radius 2 is 1.71 bits per heavy atom. The van der Waals surface area contributed by atoms with Gasteiger partial charge in [-0.3, -0.25) is 9.59 Å². The van der Waals surface area contributed by atoms with Crippen molar-refractivity contribution in [3.05, 3.63) is 87.8 Å². The topological polar surface area (TPSA) is 95.0 Å². The summed E-state index contributed by atoms with van der Waals surface area (Å²) in [5.41, 5.74) is 1.76. The van der Waals surface area contributed by atoms with Crippen LogP contribution in [0.5, 0.6) is 0 Å². The standard InChI is InChI=1S/C34H42F2N2O5S2/c1-4-10-37(11-5-2)34(41)28-15-23(3)14-26(19-28)31(39)20-27(16-24-17-29(35)21-30(36)18-24)33(40)25-8-6-12-38(22-25)45(42,43)32-9-7-13-44-32/h7,9,13-15,17-19,21,25,27,33,40H,4-6,8,10-12,16,20,22H2,1-3H3/t25?,27?,33-/m1/s1. The number of ketones is 1.